The number of hydrogen-bond donors (Lipinski definition) is 1. The minimum Gasteiger partial charge on any atom is -0.374 e. The summed E-state index contributed by atoms with van der Waals surface area (Å²) in [4.78, 5) is 14.1. The number of hydrogen-bond acceptors (Lipinski definition) is 2. The average molecular weight is 250 g/mol. The largest absolute Gasteiger partial charge is 0.374 e. The first-order chi connectivity index (χ1) is 8.66. The summed E-state index contributed by atoms with van der Waals surface area (Å²) >= 11 is 0. The second-order valence-corrected chi connectivity index (χ2v) is 4.76. The molecule has 3 nitrogen and oxygen atoms in total. The van der Waals surface area contributed by atoms with Gasteiger partial charge in [0.05, 0.1) is 0 Å². The molecule has 0 radical (unpaired) electrons. The minimum atomic E-state index is -0.270. The summed E-state index contributed by atoms with van der Waals surface area (Å²) in [6, 6.07) is 5.81. The van der Waals surface area contributed by atoms with Gasteiger partial charge in [0, 0.05) is 18.8 Å². The highest BCUT2D eigenvalue weighted by molar-refractivity contribution is 5.84. The Labute approximate surface area is 107 Å². The Morgan fingerprint density at radius 2 is 1.83 bits per heavy atom. The van der Waals surface area contributed by atoms with Gasteiger partial charge in [0.15, 0.2) is 0 Å². The fraction of sp³-hybridized carbons (Fsp3) is 0.500. The van der Waals surface area contributed by atoms with Crippen molar-refractivity contribution in [1.82, 2.24) is 4.90 Å². The maximum atomic E-state index is 12.8. The Bertz CT molecular complexity index is 399. The van der Waals surface area contributed by atoms with Gasteiger partial charge in [0.25, 0.3) is 0 Å². The van der Waals surface area contributed by atoms with Gasteiger partial charge in [0.1, 0.15) is 11.9 Å². The average Bonchev–Trinajstić information content (AvgIpc) is 2.41. The van der Waals surface area contributed by atoms with Crippen LogP contribution in [0.1, 0.15) is 26.2 Å². The van der Waals surface area contributed by atoms with Gasteiger partial charge in [-0.05, 0) is 50.5 Å². The zero-order chi connectivity index (χ0) is 13.0. The molecule has 1 unspecified atom stereocenters. The minimum absolute atomic E-state index is 0.124. The van der Waals surface area contributed by atoms with E-state index in [1.54, 1.807) is 12.1 Å². The molecule has 1 amide bonds. The first-order valence-corrected chi connectivity index (χ1v) is 6.48. The van der Waals surface area contributed by atoms with E-state index in [4.69, 9.17) is 0 Å². The Balaban J connectivity index is 1.92. The third-order valence-electron chi connectivity index (χ3n) is 3.27. The van der Waals surface area contributed by atoms with Gasteiger partial charge in [-0.1, -0.05) is 0 Å². The highest BCUT2D eigenvalue weighted by Crippen LogP contribution is 2.13. The molecule has 0 bridgehead atoms. The van der Waals surface area contributed by atoms with Crippen molar-refractivity contribution in [2.45, 2.75) is 32.2 Å². The molecule has 1 saturated heterocycles. The molecule has 1 aliphatic heterocycles. The van der Waals surface area contributed by atoms with Gasteiger partial charge < -0.3 is 10.2 Å². The highest BCUT2D eigenvalue weighted by atomic mass is 19.1. The summed E-state index contributed by atoms with van der Waals surface area (Å²) in [5.74, 6) is -0.144. The second kappa shape index (κ2) is 5.85. The predicted molar refractivity (Wildman–Crippen MR) is 69.9 cm³/mol. The van der Waals surface area contributed by atoms with Gasteiger partial charge in [-0.3, -0.25) is 4.79 Å². The molecule has 1 fully saturated rings. The highest BCUT2D eigenvalue weighted by Gasteiger charge is 2.21. The lowest BCUT2D eigenvalue weighted by molar-refractivity contribution is -0.132. The number of carbonyl (C=O) groups is 1. The number of piperidine rings is 1. The van der Waals surface area contributed by atoms with Crippen molar-refractivity contribution in [2.75, 3.05) is 18.4 Å². The van der Waals surface area contributed by atoms with E-state index in [0.29, 0.717) is 0 Å². The topological polar surface area (TPSA) is 32.3 Å². The van der Waals surface area contributed by atoms with E-state index in [2.05, 4.69) is 5.32 Å². The number of likely N-dealkylation sites (tertiary alicyclic amines) is 1. The standard InChI is InChI=1S/C14H19FN2O/c1-11(14(18)17-9-3-2-4-10-17)16-13-7-5-12(15)6-8-13/h5-8,11,16H,2-4,9-10H2,1H3. The number of nitrogens with zero attached hydrogens (tertiary/aromatic N) is 1. The molecule has 98 valence electrons. The Morgan fingerprint density at radius 1 is 1.22 bits per heavy atom. The number of anilines is 1. The first-order valence-electron chi connectivity index (χ1n) is 6.48. The molecule has 0 aromatic heterocycles. The van der Waals surface area contributed by atoms with E-state index in [-0.39, 0.29) is 17.8 Å². The van der Waals surface area contributed by atoms with Gasteiger partial charge >= 0.3 is 0 Å². The zero-order valence-electron chi connectivity index (χ0n) is 10.7. The molecule has 0 aliphatic carbocycles. The first kappa shape index (κ1) is 12.9. The second-order valence-electron chi connectivity index (χ2n) is 4.76. The van der Waals surface area contributed by atoms with Crippen molar-refractivity contribution in [1.29, 1.82) is 0 Å². The van der Waals surface area contributed by atoms with Crippen molar-refractivity contribution < 1.29 is 9.18 Å². The summed E-state index contributed by atoms with van der Waals surface area (Å²) in [5.41, 5.74) is 0.772. The van der Waals surface area contributed by atoms with Crippen LogP contribution in [-0.4, -0.2) is 29.9 Å². The fourth-order valence-electron chi connectivity index (χ4n) is 2.25. The Morgan fingerprint density at radius 3 is 2.44 bits per heavy atom. The summed E-state index contributed by atoms with van der Waals surface area (Å²) in [6.07, 6.45) is 3.40. The van der Waals surface area contributed by atoms with E-state index >= 15 is 0 Å². The normalized spacial score (nSPS) is 17.3. The summed E-state index contributed by atoms with van der Waals surface area (Å²) in [7, 11) is 0. The van der Waals surface area contributed by atoms with Gasteiger partial charge in [-0.15, -0.1) is 0 Å². The van der Waals surface area contributed by atoms with Crippen LogP contribution in [0.25, 0.3) is 0 Å². The third-order valence-corrected chi connectivity index (χ3v) is 3.27. The molecule has 0 saturated carbocycles. The van der Waals surface area contributed by atoms with Crippen LogP contribution in [0.3, 0.4) is 0 Å². The maximum absolute atomic E-state index is 12.8. The fourth-order valence-corrected chi connectivity index (χ4v) is 2.25. The van der Waals surface area contributed by atoms with Crippen LogP contribution in [0, 0.1) is 5.82 Å². The van der Waals surface area contributed by atoms with Crippen molar-refractivity contribution in [3.05, 3.63) is 30.1 Å². The molecule has 1 aromatic carbocycles. The monoisotopic (exact) mass is 250 g/mol. The van der Waals surface area contributed by atoms with Crippen LogP contribution in [0.2, 0.25) is 0 Å². The lowest BCUT2D eigenvalue weighted by atomic mass is 10.1. The summed E-state index contributed by atoms with van der Waals surface area (Å²) < 4.78 is 12.8. The van der Waals surface area contributed by atoms with Crippen LogP contribution in [0.5, 0.6) is 0 Å². The molecular weight excluding hydrogens is 231 g/mol. The number of amides is 1. The molecule has 1 heterocycles. The molecule has 0 spiro atoms. The number of halogens is 1. The van der Waals surface area contributed by atoms with E-state index in [0.717, 1.165) is 31.6 Å². The maximum Gasteiger partial charge on any atom is 0.244 e. The quantitative estimate of drug-likeness (QED) is 0.894. The van der Waals surface area contributed by atoms with Crippen molar-refractivity contribution in [3.63, 3.8) is 0 Å². The van der Waals surface area contributed by atoms with Crippen LogP contribution in [0.4, 0.5) is 10.1 Å². The predicted octanol–water partition coefficient (Wildman–Crippen LogP) is 2.64. The number of nitrogens with one attached hydrogen (secondary N) is 1. The van der Waals surface area contributed by atoms with Crippen LogP contribution in [-0.2, 0) is 4.79 Å². The van der Waals surface area contributed by atoms with Crippen molar-refractivity contribution in [3.8, 4) is 0 Å². The molecule has 1 N–H and O–H groups in total. The summed E-state index contributed by atoms with van der Waals surface area (Å²) in [6.45, 7) is 3.56. The Hall–Kier alpha value is -1.58. The lowest BCUT2D eigenvalue weighted by Crippen LogP contribution is -2.43. The molecule has 1 aromatic rings. The smallest absolute Gasteiger partial charge is 0.244 e. The number of rotatable bonds is 3. The van der Waals surface area contributed by atoms with Crippen LogP contribution in [0.15, 0.2) is 24.3 Å². The van der Waals surface area contributed by atoms with Crippen LogP contribution < -0.4 is 5.32 Å². The molecule has 2 rings (SSSR count). The zero-order valence-corrected chi connectivity index (χ0v) is 10.7. The molecule has 4 heteroatoms. The molecule has 1 atom stereocenters. The molecular formula is C14H19FN2O. The van der Waals surface area contributed by atoms with Crippen molar-refractivity contribution in [2.24, 2.45) is 0 Å². The van der Waals surface area contributed by atoms with E-state index in [9.17, 15) is 9.18 Å². The molecule has 18 heavy (non-hydrogen) atoms. The lowest BCUT2D eigenvalue weighted by Gasteiger charge is -2.29. The van der Waals surface area contributed by atoms with Crippen LogP contribution >= 0.6 is 0 Å². The van der Waals surface area contributed by atoms with E-state index in [1.807, 2.05) is 11.8 Å². The van der Waals surface area contributed by atoms with Gasteiger partial charge in [-0.25, -0.2) is 4.39 Å². The van der Waals surface area contributed by atoms with Gasteiger partial charge in [0.2, 0.25) is 5.91 Å². The van der Waals surface area contributed by atoms with E-state index < -0.39 is 0 Å². The van der Waals surface area contributed by atoms with Gasteiger partial charge in [-0.2, -0.15) is 0 Å². The van der Waals surface area contributed by atoms with E-state index in [1.165, 1.54) is 18.6 Å². The van der Waals surface area contributed by atoms with Crippen molar-refractivity contribution >= 4 is 11.6 Å². The third kappa shape index (κ3) is 3.22. The SMILES string of the molecule is CC(Nc1ccc(F)cc1)C(=O)N1CCCCC1. The summed E-state index contributed by atoms with van der Waals surface area (Å²) in [5, 5.41) is 3.11. The Kier molecular flexibility index (Phi) is 4.18. The number of benzene rings is 1. The molecule has 1 aliphatic rings. The number of carbonyl (C=O) groups excluding carboxylic acids is 1.